The zero-order valence-corrected chi connectivity index (χ0v) is 13.3. The second kappa shape index (κ2) is 5.56. The molecule has 3 N–H and O–H groups in total. The van der Waals surface area contributed by atoms with Crippen LogP contribution in [0.5, 0.6) is 0 Å². The predicted octanol–water partition coefficient (Wildman–Crippen LogP) is 2.10. The summed E-state index contributed by atoms with van der Waals surface area (Å²) in [5, 5.41) is 0. The van der Waals surface area contributed by atoms with E-state index >= 15 is 0 Å². The summed E-state index contributed by atoms with van der Waals surface area (Å²) in [6, 6.07) is 4.95. The molecule has 0 radical (unpaired) electrons. The molecule has 0 unspecified atom stereocenters. The van der Waals surface area contributed by atoms with Crippen LogP contribution in [0, 0.1) is 6.92 Å². The van der Waals surface area contributed by atoms with Crippen molar-refractivity contribution in [1.29, 1.82) is 0 Å². The SMILES string of the molecule is CCC(C)(C)NS(=O)(=O)c1cc(C(N)=S)ccc1C. The number of nitrogens with one attached hydrogen (secondary N) is 1. The van der Waals surface area contributed by atoms with Gasteiger partial charge in [0.25, 0.3) is 0 Å². The van der Waals surface area contributed by atoms with Crippen LogP contribution in [0.3, 0.4) is 0 Å². The normalized spacial score (nSPS) is 12.4. The molecule has 0 amide bonds. The lowest BCUT2D eigenvalue weighted by Gasteiger charge is -2.24. The summed E-state index contributed by atoms with van der Waals surface area (Å²) in [6.45, 7) is 7.37. The van der Waals surface area contributed by atoms with Gasteiger partial charge < -0.3 is 5.73 Å². The molecule has 0 atom stereocenters. The van der Waals surface area contributed by atoms with Gasteiger partial charge in [-0.2, -0.15) is 0 Å². The minimum atomic E-state index is -3.58. The van der Waals surface area contributed by atoms with Gasteiger partial charge in [-0.3, -0.25) is 0 Å². The molecule has 1 aromatic carbocycles. The Balaban J connectivity index is 3.28. The molecule has 1 rings (SSSR count). The van der Waals surface area contributed by atoms with Crippen molar-refractivity contribution < 1.29 is 8.42 Å². The van der Waals surface area contributed by atoms with Crippen LogP contribution in [-0.2, 0) is 10.0 Å². The third kappa shape index (κ3) is 3.99. The summed E-state index contributed by atoms with van der Waals surface area (Å²) in [5.41, 5.74) is 6.27. The summed E-state index contributed by atoms with van der Waals surface area (Å²) in [7, 11) is -3.58. The molecule has 6 heteroatoms. The lowest BCUT2D eigenvalue weighted by molar-refractivity contribution is 0.439. The maximum atomic E-state index is 12.4. The van der Waals surface area contributed by atoms with Gasteiger partial charge in [-0.15, -0.1) is 0 Å². The highest BCUT2D eigenvalue weighted by molar-refractivity contribution is 7.89. The van der Waals surface area contributed by atoms with Crippen LogP contribution >= 0.6 is 12.2 Å². The van der Waals surface area contributed by atoms with E-state index in [2.05, 4.69) is 4.72 Å². The second-order valence-corrected chi connectivity index (χ2v) is 7.28. The highest BCUT2D eigenvalue weighted by Crippen LogP contribution is 2.20. The van der Waals surface area contributed by atoms with E-state index in [0.717, 1.165) is 0 Å². The van der Waals surface area contributed by atoms with Crippen LogP contribution < -0.4 is 10.5 Å². The first-order valence-corrected chi connectivity index (χ1v) is 7.92. The Labute approximate surface area is 120 Å². The first-order valence-electron chi connectivity index (χ1n) is 6.03. The number of sulfonamides is 1. The highest BCUT2D eigenvalue weighted by atomic mass is 32.2. The van der Waals surface area contributed by atoms with E-state index in [-0.39, 0.29) is 9.88 Å². The molecular formula is C13H20N2O2S2. The molecule has 19 heavy (non-hydrogen) atoms. The zero-order chi connectivity index (χ0) is 14.8. The van der Waals surface area contributed by atoms with Crippen LogP contribution in [0.4, 0.5) is 0 Å². The van der Waals surface area contributed by atoms with Gasteiger partial charge in [-0.05, 0) is 38.8 Å². The number of hydrogen-bond donors (Lipinski definition) is 2. The third-order valence-electron chi connectivity index (χ3n) is 3.06. The van der Waals surface area contributed by atoms with Gasteiger partial charge in [0.2, 0.25) is 10.0 Å². The van der Waals surface area contributed by atoms with E-state index in [1.807, 2.05) is 20.8 Å². The third-order valence-corrected chi connectivity index (χ3v) is 5.13. The quantitative estimate of drug-likeness (QED) is 0.817. The molecule has 0 aliphatic rings. The molecule has 4 nitrogen and oxygen atoms in total. The Morgan fingerprint density at radius 1 is 1.42 bits per heavy atom. The molecule has 106 valence electrons. The Hall–Kier alpha value is -0.980. The summed E-state index contributed by atoms with van der Waals surface area (Å²) in [6.07, 6.45) is 0.695. The Morgan fingerprint density at radius 2 is 2.00 bits per heavy atom. The van der Waals surface area contributed by atoms with Crippen molar-refractivity contribution in [2.24, 2.45) is 5.73 Å². The van der Waals surface area contributed by atoms with E-state index in [0.29, 0.717) is 17.5 Å². The van der Waals surface area contributed by atoms with Crippen molar-refractivity contribution in [1.82, 2.24) is 4.72 Å². The maximum absolute atomic E-state index is 12.4. The van der Waals surface area contributed by atoms with Crippen molar-refractivity contribution in [2.45, 2.75) is 44.6 Å². The number of aryl methyl sites for hydroxylation is 1. The highest BCUT2D eigenvalue weighted by Gasteiger charge is 2.26. The van der Waals surface area contributed by atoms with E-state index in [4.69, 9.17) is 18.0 Å². The van der Waals surface area contributed by atoms with Gasteiger partial charge in [-0.25, -0.2) is 13.1 Å². The summed E-state index contributed by atoms with van der Waals surface area (Å²) >= 11 is 4.88. The molecular weight excluding hydrogens is 280 g/mol. The molecule has 0 fully saturated rings. The van der Waals surface area contributed by atoms with Crippen molar-refractivity contribution in [3.63, 3.8) is 0 Å². The smallest absolute Gasteiger partial charge is 0.241 e. The van der Waals surface area contributed by atoms with Gasteiger partial charge in [0.1, 0.15) is 4.99 Å². The zero-order valence-electron chi connectivity index (χ0n) is 11.6. The standard InChI is InChI=1S/C13H20N2O2S2/c1-5-13(3,4)15-19(16,17)11-8-10(12(14)18)7-6-9(11)2/h6-8,15H,5H2,1-4H3,(H2,14,18). The Kier molecular flexibility index (Phi) is 4.71. The van der Waals surface area contributed by atoms with Gasteiger partial charge >= 0.3 is 0 Å². The van der Waals surface area contributed by atoms with E-state index in [1.54, 1.807) is 19.1 Å². The topological polar surface area (TPSA) is 72.2 Å². The number of thiocarbonyl (C=S) groups is 1. The first kappa shape index (κ1) is 16.1. The second-order valence-electron chi connectivity index (χ2n) is 5.19. The summed E-state index contributed by atoms with van der Waals surface area (Å²) in [4.78, 5) is 0.408. The van der Waals surface area contributed by atoms with Gasteiger partial charge in [0, 0.05) is 11.1 Å². The Morgan fingerprint density at radius 3 is 2.47 bits per heavy atom. The molecule has 0 aromatic heterocycles. The number of hydrogen-bond acceptors (Lipinski definition) is 3. The van der Waals surface area contributed by atoms with E-state index in [9.17, 15) is 8.42 Å². The van der Waals surface area contributed by atoms with Crippen LogP contribution in [0.2, 0.25) is 0 Å². The van der Waals surface area contributed by atoms with Crippen molar-refractivity contribution >= 4 is 27.2 Å². The largest absolute Gasteiger partial charge is 0.389 e. The van der Waals surface area contributed by atoms with Crippen LogP contribution in [0.1, 0.15) is 38.3 Å². The fourth-order valence-corrected chi connectivity index (χ4v) is 3.42. The predicted molar refractivity (Wildman–Crippen MR) is 81.8 cm³/mol. The fourth-order valence-electron chi connectivity index (χ4n) is 1.53. The monoisotopic (exact) mass is 300 g/mol. The molecule has 0 heterocycles. The molecule has 0 aliphatic carbocycles. The van der Waals surface area contributed by atoms with Gasteiger partial charge in [0.05, 0.1) is 4.90 Å². The maximum Gasteiger partial charge on any atom is 0.241 e. The molecule has 0 saturated carbocycles. The van der Waals surface area contributed by atoms with Crippen molar-refractivity contribution in [3.8, 4) is 0 Å². The minimum Gasteiger partial charge on any atom is -0.389 e. The van der Waals surface area contributed by atoms with E-state index in [1.165, 1.54) is 6.07 Å². The van der Waals surface area contributed by atoms with E-state index < -0.39 is 15.6 Å². The molecule has 0 saturated heterocycles. The summed E-state index contributed by atoms with van der Waals surface area (Å²) < 4.78 is 27.5. The van der Waals surface area contributed by atoms with Crippen molar-refractivity contribution in [3.05, 3.63) is 29.3 Å². The lowest BCUT2D eigenvalue weighted by Crippen LogP contribution is -2.42. The average Bonchev–Trinajstić information content (AvgIpc) is 2.27. The molecule has 0 bridgehead atoms. The minimum absolute atomic E-state index is 0.186. The average molecular weight is 300 g/mol. The van der Waals surface area contributed by atoms with Gasteiger partial charge in [0.15, 0.2) is 0 Å². The number of rotatable bonds is 5. The van der Waals surface area contributed by atoms with Crippen LogP contribution in [0.15, 0.2) is 23.1 Å². The molecule has 1 aromatic rings. The fraction of sp³-hybridized carbons (Fsp3) is 0.462. The number of benzene rings is 1. The lowest BCUT2D eigenvalue weighted by atomic mass is 10.0. The van der Waals surface area contributed by atoms with Crippen LogP contribution in [-0.4, -0.2) is 18.9 Å². The molecule has 0 aliphatic heterocycles. The van der Waals surface area contributed by atoms with Gasteiger partial charge in [-0.1, -0.05) is 31.3 Å². The number of nitrogens with two attached hydrogens (primary N) is 1. The molecule has 0 spiro atoms. The first-order chi connectivity index (χ1) is 8.59. The Bertz CT molecular complexity index is 593. The van der Waals surface area contributed by atoms with Crippen molar-refractivity contribution in [2.75, 3.05) is 0 Å². The summed E-state index contributed by atoms with van der Waals surface area (Å²) in [5.74, 6) is 0. The van der Waals surface area contributed by atoms with Crippen LogP contribution in [0.25, 0.3) is 0 Å².